The summed E-state index contributed by atoms with van der Waals surface area (Å²) in [4.78, 5) is 19.7. The van der Waals surface area contributed by atoms with E-state index in [2.05, 4.69) is 25.3 Å². The number of carbonyl (C=O) groups is 1. The maximum absolute atomic E-state index is 11.0. The smallest absolute Gasteiger partial charge is 0.305 e. The molecule has 0 aliphatic rings. The minimum Gasteiger partial charge on any atom is -0.469 e. The molecule has 0 unspecified atom stereocenters. The number of nitrogens with one attached hydrogen (secondary N) is 2. The second-order valence-corrected chi connectivity index (χ2v) is 4.83. The van der Waals surface area contributed by atoms with Gasteiger partial charge in [-0.3, -0.25) is 9.78 Å². The Balaban J connectivity index is 2.24. The highest BCUT2D eigenvalue weighted by atomic mass is 16.5. The molecule has 0 radical (unpaired) electrons. The van der Waals surface area contributed by atoms with Crippen molar-refractivity contribution in [2.24, 2.45) is 4.99 Å². The van der Waals surface area contributed by atoms with Crippen molar-refractivity contribution in [2.75, 3.05) is 20.2 Å². The number of aliphatic imine (C=N–C) groups is 1. The van der Waals surface area contributed by atoms with Crippen molar-refractivity contribution in [3.63, 3.8) is 0 Å². The molecule has 6 heteroatoms. The number of hydrogen-bond acceptors (Lipinski definition) is 4. The van der Waals surface area contributed by atoms with Crippen LogP contribution in [-0.4, -0.2) is 37.1 Å². The van der Waals surface area contributed by atoms with Gasteiger partial charge in [0, 0.05) is 25.7 Å². The topological polar surface area (TPSA) is 75.6 Å². The predicted octanol–water partition coefficient (Wildman–Crippen LogP) is 1.87. The summed E-state index contributed by atoms with van der Waals surface area (Å²) < 4.78 is 4.61. The summed E-state index contributed by atoms with van der Waals surface area (Å²) in [7, 11) is 1.42. The third-order valence-corrected chi connectivity index (χ3v) is 3.05. The van der Waals surface area contributed by atoms with Crippen LogP contribution in [-0.2, 0) is 16.1 Å². The molecule has 0 aliphatic heterocycles. The monoisotopic (exact) mass is 306 g/mol. The Morgan fingerprint density at radius 2 is 2.14 bits per heavy atom. The van der Waals surface area contributed by atoms with Crippen LogP contribution in [0, 0.1) is 0 Å². The van der Waals surface area contributed by atoms with Crippen LogP contribution in [0.25, 0.3) is 0 Å². The van der Waals surface area contributed by atoms with E-state index in [-0.39, 0.29) is 5.97 Å². The van der Waals surface area contributed by atoms with Crippen LogP contribution in [0.15, 0.2) is 29.4 Å². The molecule has 0 saturated carbocycles. The fourth-order valence-corrected chi connectivity index (χ4v) is 1.87. The van der Waals surface area contributed by atoms with Gasteiger partial charge < -0.3 is 15.4 Å². The molecule has 6 nitrogen and oxygen atoms in total. The summed E-state index contributed by atoms with van der Waals surface area (Å²) >= 11 is 0. The van der Waals surface area contributed by atoms with Gasteiger partial charge in [0.15, 0.2) is 5.96 Å². The highest BCUT2D eigenvalue weighted by Crippen LogP contribution is 2.00. The minimum atomic E-state index is -0.141. The van der Waals surface area contributed by atoms with E-state index in [1.807, 2.05) is 25.1 Å². The fourth-order valence-electron chi connectivity index (χ4n) is 1.87. The number of rotatable bonds is 9. The molecule has 0 amide bonds. The molecule has 0 aromatic carbocycles. The van der Waals surface area contributed by atoms with Gasteiger partial charge in [0.05, 0.1) is 19.3 Å². The Hall–Kier alpha value is -2.11. The van der Waals surface area contributed by atoms with Crippen molar-refractivity contribution in [1.29, 1.82) is 0 Å². The van der Waals surface area contributed by atoms with Crippen molar-refractivity contribution in [2.45, 2.75) is 39.2 Å². The molecule has 1 aromatic rings. The standard InChI is InChI=1S/C16H26N4O2/c1-3-17-16(20-13-14-9-6-8-11-18-14)19-12-7-4-5-10-15(21)22-2/h6,8-9,11H,3-5,7,10,12-13H2,1-2H3,(H2,17,19,20). The number of hydrogen-bond donors (Lipinski definition) is 2. The van der Waals surface area contributed by atoms with Gasteiger partial charge >= 0.3 is 5.97 Å². The summed E-state index contributed by atoms with van der Waals surface area (Å²) in [6.45, 7) is 4.23. The third-order valence-electron chi connectivity index (χ3n) is 3.05. The molecule has 2 N–H and O–H groups in total. The normalized spacial score (nSPS) is 11.1. The zero-order valence-electron chi connectivity index (χ0n) is 13.5. The summed E-state index contributed by atoms with van der Waals surface area (Å²) in [6, 6.07) is 5.81. The first-order chi connectivity index (χ1) is 10.8. The van der Waals surface area contributed by atoms with Gasteiger partial charge in [-0.25, -0.2) is 4.99 Å². The van der Waals surface area contributed by atoms with E-state index in [4.69, 9.17) is 0 Å². The van der Waals surface area contributed by atoms with E-state index in [1.54, 1.807) is 6.20 Å². The van der Waals surface area contributed by atoms with Crippen molar-refractivity contribution in [3.05, 3.63) is 30.1 Å². The molecule has 1 rings (SSSR count). The Morgan fingerprint density at radius 1 is 1.27 bits per heavy atom. The van der Waals surface area contributed by atoms with Gasteiger partial charge in [-0.15, -0.1) is 0 Å². The van der Waals surface area contributed by atoms with E-state index < -0.39 is 0 Å². The average Bonchev–Trinajstić information content (AvgIpc) is 2.56. The average molecular weight is 306 g/mol. The van der Waals surface area contributed by atoms with E-state index >= 15 is 0 Å². The highest BCUT2D eigenvalue weighted by molar-refractivity contribution is 5.79. The molecular formula is C16H26N4O2. The van der Waals surface area contributed by atoms with E-state index in [1.165, 1.54) is 7.11 Å². The molecule has 122 valence electrons. The SMILES string of the molecule is CCNC(=NCc1ccccn1)NCCCCCC(=O)OC. The molecule has 0 spiro atoms. The summed E-state index contributed by atoms with van der Waals surface area (Å²) in [5.74, 6) is 0.652. The first-order valence-corrected chi connectivity index (χ1v) is 7.75. The number of unbranched alkanes of at least 4 members (excludes halogenated alkanes) is 2. The van der Waals surface area contributed by atoms with Gasteiger partial charge in [-0.1, -0.05) is 12.5 Å². The first kappa shape index (κ1) is 17.9. The first-order valence-electron chi connectivity index (χ1n) is 7.75. The van der Waals surface area contributed by atoms with Crippen molar-refractivity contribution >= 4 is 11.9 Å². The summed E-state index contributed by atoms with van der Waals surface area (Å²) in [6.07, 6.45) is 5.10. The number of nitrogens with zero attached hydrogens (tertiary/aromatic N) is 2. The molecule has 0 saturated heterocycles. The number of esters is 1. The third kappa shape index (κ3) is 8.24. The van der Waals surface area contributed by atoms with Crippen molar-refractivity contribution < 1.29 is 9.53 Å². The lowest BCUT2D eigenvalue weighted by Gasteiger charge is -2.11. The van der Waals surface area contributed by atoms with Crippen LogP contribution in [0.4, 0.5) is 0 Å². The molecular weight excluding hydrogens is 280 g/mol. The van der Waals surface area contributed by atoms with Crippen LogP contribution in [0.1, 0.15) is 38.3 Å². The zero-order chi connectivity index (χ0) is 16.0. The lowest BCUT2D eigenvalue weighted by atomic mass is 10.2. The van der Waals surface area contributed by atoms with Gasteiger partial charge in [0.25, 0.3) is 0 Å². The quantitative estimate of drug-likeness (QED) is 0.315. The van der Waals surface area contributed by atoms with Gasteiger partial charge in [-0.05, 0) is 31.9 Å². The molecule has 22 heavy (non-hydrogen) atoms. The Kier molecular flexibility index (Phi) is 9.41. The van der Waals surface area contributed by atoms with E-state index in [0.717, 1.165) is 44.0 Å². The number of aromatic nitrogens is 1. The molecule has 0 atom stereocenters. The lowest BCUT2D eigenvalue weighted by Crippen LogP contribution is -2.37. The lowest BCUT2D eigenvalue weighted by molar-refractivity contribution is -0.140. The number of carbonyl (C=O) groups excluding carboxylic acids is 1. The number of guanidine groups is 1. The van der Waals surface area contributed by atoms with Crippen LogP contribution in [0.5, 0.6) is 0 Å². The fraction of sp³-hybridized carbons (Fsp3) is 0.562. The van der Waals surface area contributed by atoms with Crippen LogP contribution in [0.2, 0.25) is 0 Å². The number of pyridine rings is 1. The van der Waals surface area contributed by atoms with Crippen LogP contribution >= 0.6 is 0 Å². The Morgan fingerprint density at radius 3 is 2.82 bits per heavy atom. The van der Waals surface area contributed by atoms with E-state index in [0.29, 0.717) is 13.0 Å². The van der Waals surface area contributed by atoms with Gasteiger partial charge in [0.1, 0.15) is 0 Å². The Labute approximate surface area is 132 Å². The Bertz CT molecular complexity index is 449. The van der Waals surface area contributed by atoms with Crippen LogP contribution in [0.3, 0.4) is 0 Å². The van der Waals surface area contributed by atoms with Crippen LogP contribution < -0.4 is 10.6 Å². The minimum absolute atomic E-state index is 0.141. The number of ether oxygens (including phenoxy) is 1. The molecule has 0 fully saturated rings. The van der Waals surface area contributed by atoms with Gasteiger partial charge in [0.2, 0.25) is 0 Å². The number of methoxy groups -OCH3 is 1. The molecule has 1 heterocycles. The zero-order valence-corrected chi connectivity index (χ0v) is 13.5. The van der Waals surface area contributed by atoms with Crippen molar-refractivity contribution in [3.8, 4) is 0 Å². The predicted molar refractivity (Wildman–Crippen MR) is 87.5 cm³/mol. The van der Waals surface area contributed by atoms with Crippen molar-refractivity contribution in [1.82, 2.24) is 15.6 Å². The van der Waals surface area contributed by atoms with E-state index in [9.17, 15) is 4.79 Å². The molecule has 1 aromatic heterocycles. The van der Waals surface area contributed by atoms with Gasteiger partial charge in [-0.2, -0.15) is 0 Å². The molecule has 0 aliphatic carbocycles. The second-order valence-electron chi connectivity index (χ2n) is 4.83. The highest BCUT2D eigenvalue weighted by Gasteiger charge is 2.00. The maximum Gasteiger partial charge on any atom is 0.305 e. The summed E-state index contributed by atoms with van der Waals surface area (Å²) in [5.41, 5.74) is 0.942. The maximum atomic E-state index is 11.0. The summed E-state index contributed by atoms with van der Waals surface area (Å²) in [5, 5.41) is 6.50. The molecule has 0 bridgehead atoms. The second kappa shape index (κ2) is 11.5. The largest absolute Gasteiger partial charge is 0.469 e.